The van der Waals surface area contributed by atoms with Gasteiger partial charge in [-0.2, -0.15) is 0 Å². The Morgan fingerprint density at radius 3 is 2.27 bits per heavy atom. The van der Waals surface area contributed by atoms with E-state index in [1.807, 2.05) is 85.5 Å². The highest BCUT2D eigenvalue weighted by molar-refractivity contribution is 5.95. The molecular weight excluding hydrogens is 999 g/mol. The number of methoxy groups -OCH3 is 1. The van der Waals surface area contributed by atoms with E-state index in [4.69, 9.17) is 42.6 Å². The predicted molar refractivity (Wildman–Crippen MR) is 287 cm³/mol. The summed E-state index contributed by atoms with van der Waals surface area (Å²) in [7, 11) is 7.17. The van der Waals surface area contributed by atoms with Crippen LogP contribution in [0.1, 0.15) is 125 Å². The van der Waals surface area contributed by atoms with Crippen LogP contribution in [-0.4, -0.2) is 197 Å². The molecule has 0 spiro atoms. The SMILES string of the molecule is CC[C@H]1OC(=O)[C@H](C)[C@@H](O[C@H]2C[C@@](C)(OC)[C@@H](OCCO/C=C/Cc3cc4c5c(c3)c(=O)c(C(=O)O)cn5C(C)(C)CO4)[C@H](C)O2)[C@H](C)[C@@H](O[C@@H]2O[C@H](C)C[C@H](N(C)C)[C@H]2O)[C@](C)(O)C[C@@H](C)CN(C)[C@H](C)[C@@H](O)[C@]1(C)O. The molecule has 3 fully saturated rings. The van der Waals surface area contributed by atoms with Crippen LogP contribution < -0.4 is 10.2 Å². The van der Waals surface area contributed by atoms with Crippen molar-refractivity contribution in [3.63, 3.8) is 0 Å². The predicted octanol–water partition coefficient (Wildman–Crippen LogP) is 4.84. The van der Waals surface area contributed by atoms with Gasteiger partial charge < -0.3 is 82.5 Å². The normalized spacial score (nSPS) is 38.7. The number of ether oxygens (including phenoxy) is 9. The van der Waals surface area contributed by atoms with Crippen molar-refractivity contribution in [1.29, 1.82) is 0 Å². The number of esters is 1. The third-order valence-corrected chi connectivity index (χ3v) is 16.8. The summed E-state index contributed by atoms with van der Waals surface area (Å²) in [5.74, 6) is -3.56. The number of aliphatic hydroxyl groups excluding tert-OH is 2. The van der Waals surface area contributed by atoms with Crippen molar-refractivity contribution in [3.05, 3.63) is 52.0 Å². The molecule has 436 valence electrons. The highest BCUT2D eigenvalue weighted by atomic mass is 16.7. The van der Waals surface area contributed by atoms with Crippen LogP contribution in [0.15, 0.2) is 35.5 Å². The van der Waals surface area contributed by atoms with Crippen LogP contribution in [0.5, 0.6) is 5.75 Å². The molecule has 77 heavy (non-hydrogen) atoms. The average molecular weight is 1090 g/mol. The molecule has 4 aliphatic rings. The van der Waals surface area contributed by atoms with Gasteiger partial charge in [-0.15, -0.1) is 0 Å². The quantitative estimate of drug-likeness (QED) is 0.0910. The molecule has 20 heteroatoms. The van der Waals surface area contributed by atoms with Crippen molar-refractivity contribution in [2.75, 3.05) is 54.6 Å². The molecule has 3 saturated heterocycles. The lowest BCUT2D eigenvalue weighted by molar-refractivity contribution is -0.321. The number of benzene rings is 1. The maximum absolute atomic E-state index is 14.6. The zero-order valence-electron chi connectivity index (χ0n) is 48.4. The lowest BCUT2D eigenvalue weighted by Crippen LogP contribution is -2.61. The average Bonchev–Trinajstić information content (AvgIpc) is 3.35. The highest BCUT2D eigenvalue weighted by Gasteiger charge is 2.53. The summed E-state index contributed by atoms with van der Waals surface area (Å²) < 4.78 is 59.1. The molecule has 2 aromatic rings. The number of nitrogens with zero attached hydrogens (tertiary/aromatic N) is 3. The van der Waals surface area contributed by atoms with Crippen molar-refractivity contribution in [2.24, 2.45) is 17.8 Å². The number of carboxylic acid groups (broad SMARTS) is 1. The van der Waals surface area contributed by atoms with Gasteiger partial charge in [-0.1, -0.05) is 20.8 Å². The second-order valence-corrected chi connectivity index (χ2v) is 24.1. The van der Waals surface area contributed by atoms with E-state index in [1.54, 1.807) is 57.8 Å². The van der Waals surface area contributed by atoms with Crippen molar-refractivity contribution >= 4 is 22.8 Å². The molecule has 18 atom stereocenters. The first-order valence-corrected chi connectivity index (χ1v) is 27.4. The molecule has 1 aromatic carbocycles. The third-order valence-electron chi connectivity index (χ3n) is 16.8. The molecule has 1 aromatic heterocycles. The summed E-state index contributed by atoms with van der Waals surface area (Å²) >= 11 is 0. The number of carbonyl (C=O) groups is 2. The fourth-order valence-electron chi connectivity index (χ4n) is 12.2. The lowest BCUT2D eigenvalue weighted by atomic mass is 9.77. The number of aromatic nitrogens is 1. The van der Waals surface area contributed by atoms with Crippen LogP contribution in [-0.2, 0) is 54.6 Å². The Balaban J connectivity index is 1.21. The van der Waals surface area contributed by atoms with Crippen LogP contribution >= 0.6 is 0 Å². The van der Waals surface area contributed by atoms with Crippen LogP contribution in [0.3, 0.4) is 0 Å². The van der Waals surface area contributed by atoms with Gasteiger partial charge in [-0.3, -0.25) is 9.59 Å². The molecule has 4 aliphatic heterocycles. The summed E-state index contributed by atoms with van der Waals surface area (Å²) in [5.41, 5.74) is -4.61. The Bertz CT molecular complexity index is 2430. The Kier molecular flexibility index (Phi) is 20.2. The number of cyclic esters (lactones) is 1. The van der Waals surface area contributed by atoms with E-state index in [1.165, 1.54) is 13.1 Å². The van der Waals surface area contributed by atoms with E-state index in [2.05, 4.69) is 0 Å². The first-order valence-electron chi connectivity index (χ1n) is 27.4. The van der Waals surface area contributed by atoms with Crippen molar-refractivity contribution < 1.29 is 77.8 Å². The summed E-state index contributed by atoms with van der Waals surface area (Å²) in [5, 5.41) is 58.2. The maximum Gasteiger partial charge on any atom is 0.341 e. The molecule has 0 bridgehead atoms. The van der Waals surface area contributed by atoms with Gasteiger partial charge >= 0.3 is 11.9 Å². The minimum Gasteiger partial charge on any atom is -0.499 e. The number of hydrogen-bond acceptors (Lipinski definition) is 18. The van der Waals surface area contributed by atoms with E-state index < -0.39 is 113 Å². The first kappa shape index (κ1) is 62.4. The van der Waals surface area contributed by atoms with Gasteiger partial charge in [-0.05, 0) is 139 Å². The second kappa shape index (κ2) is 24.9. The summed E-state index contributed by atoms with van der Waals surface area (Å²) in [6, 6.07) is 2.66. The van der Waals surface area contributed by atoms with Gasteiger partial charge in [0.05, 0.1) is 70.8 Å². The minimum atomic E-state index is -1.85. The van der Waals surface area contributed by atoms with Crippen molar-refractivity contribution in [2.45, 2.75) is 211 Å². The molecule has 20 nitrogen and oxygen atoms in total. The summed E-state index contributed by atoms with van der Waals surface area (Å²) in [4.78, 5) is 43.8. The zero-order chi connectivity index (χ0) is 57.3. The minimum absolute atomic E-state index is 0.145. The van der Waals surface area contributed by atoms with Crippen molar-refractivity contribution in [1.82, 2.24) is 14.4 Å². The van der Waals surface area contributed by atoms with E-state index >= 15 is 0 Å². The highest BCUT2D eigenvalue weighted by Crippen LogP contribution is 2.42. The number of carbonyl (C=O) groups excluding carboxylic acids is 1. The van der Waals surface area contributed by atoms with Gasteiger partial charge in [0.15, 0.2) is 12.6 Å². The summed E-state index contributed by atoms with van der Waals surface area (Å²) in [6.07, 6.45) is -3.18. The van der Waals surface area contributed by atoms with E-state index in [9.17, 15) is 39.9 Å². The molecule has 0 amide bonds. The van der Waals surface area contributed by atoms with Crippen molar-refractivity contribution in [3.8, 4) is 5.75 Å². The Labute approximate surface area is 454 Å². The molecule has 6 rings (SSSR count). The largest absolute Gasteiger partial charge is 0.499 e. The Morgan fingerprint density at radius 2 is 1.64 bits per heavy atom. The van der Waals surface area contributed by atoms with Crippen LogP contribution in [0, 0.1) is 17.8 Å². The van der Waals surface area contributed by atoms with Gasteiger partial charge in [0, 0.05) is 44.3 Å². The fraction of sp³-hybridized carbons (Fsp3) is 0.772. The van der Waals surface area contributed by atoms with E-state index in [0.717, 1.165) is 5.56 Å². The number of allylic oxidation sites excluding steroid dienone is 1. The maximum atomic E-state index is 14.6. The van der Waals surface area contributed by atoms with Gasteiger partial charge in [0.1, 0.15) is 54.5 Å². The Morgan fingerprint density at radius 1 is 0.948 bits per heavy atom. The topological polar surface area (TPSA) is 247 Å². The molecule has 0 radical (unpaired) electrons. The lowest BCUT2D eigenvalue weighted by Gasteiger charge is -2.49. The number of aromatic carboxylic acids is 1. The third kappa shape index (κ3) is 13.7. The Hall–Kier alpha value is -3.77. The first-order chi connectivity index (χ1) is 35.9. The van der Waals surface area contributed by atoms with Gasteiger partial charge in [0.2, 0.25) is 5.43 Å². The second-order valence-electron chi connectivity index (χ2n) is 24.1. The molecule has 0 aliphatic carbocycles. The smallest absolute Gasteiger partial charge is 0.341 e. The number of rotatable bonds is 15. The molecule has 0 saturated carbocycles. The van der Waals surface area contributed by atoms with E-state index in [-0.39, 0.29) is 61.5 Å². The summed E-state index contributed by atoms with van der Waals surface area (Å²) in [6.45, 7) is 22.7. The molecule has 5 heterocycles. The van der Waals surface area contributed by atoms with Gasteiger partial charge in [-0.25, -0.2) is 4.79 Å². The monoisotopic (exact) mass is 1090 g/mol. The van der Waals surface area contributed by atoms with Crippen LogP contribution in [0.4, 0.5) is 0 Å². The zero-order valence-corrected chi connectivity index (χ0v) is 48.4. The number of hydrogen-bond donors (Lipinski definition) is 5. The molecule has 5 N–H and O–H groups in total. The van der Waals surface area contributed by atoms with Crippen LogP contribution in [0.2, 0.25) is 0 Å². The standard InChI is InChI=1S/C57H91N3O17/c1-17-42-57(12,68)48(63)35(6)59(15)28-31(2)26-55(10,67)49(77-53-46(62)40(58(13)14)23-32(3)73-53)33(4)47(34(5)52(66)75-42)76-43-27-56(11,69-16)50(36(7)74-43)71-22-21-70-20-18-19-37-24-38-44-41(25-37)72-30-54(8,9)60(44)29-39(45(38)61)51(64)65/h18,20,24-25,29,31-36,40,42-43,46-50,53,62-63,67-68H,17,19,21-23,26-28,30H2,1-16H3,(H,64,65)/b20-18+/t31-,32-,33+,34-,35-,36+,40+,42-,43+,46-,47+,48-,49-,50+,53+,55-,56-,57-/m1/s1. The number of pyridine rings is 1. The number of aliphatic hydroxyl groups is 4. The van der Waals surface area contributed by atoms with Crippen LogP contribution in [0.25, 0.3) is 10.9 Å². The fourth-order valence-corrected chi connectivity index (χ4v) is 12.2. The number of carboxylic acids is 1. The van der Waals surface area contributed by atoms with E-state index in [0.29, 0.717) is 37.3 Å². The molecule has 0 unspecified atom stereocenters. The van der Waals surface area contributed by atoms with Gasteiger partial charge in [0.25, 0.3) is 0 Å². The molecular formula is C57H91N3O17. The number of likely N-dealkylation sites (N-methyl/N-ethyl adjacent to an activating group) is 2.